The van der Waals surface area contributed by atoms with Gasteiger partial charge in [-0.1, -0.05) is 105 Å². The molecule has 11 heteroatoms. The van der Waals surface area contributed by atoms with E-state index in [-0.39, 0.29) is 18.4 Å². The van der Waals surface area contributed by atoms with Gasteiger partial charge < -0.3 is 20.0 Å². The van der Waals surface area contributed by atoms with Gasteiger partial charge in [-0.15, -0.1) is 0 Å². The topological polar surface area (TPSA) is 101 Å². The molecular formula is C36H37Cl2N4O4Si. The van der Waals surface area contributed by atoms with E-state index in [0.717, 1.165) is 10.4 Å². The fraction of sp³-hybridized carbons (Fsp3) is 0.222. The van der Waals surface area contributed by atoms with Crippen molar-refractivity contribution in [1.82, 2.24) is 10.3 Å². The Morgan fingerprint density at radius 1 is 0.936 bits per heavy atom. The molecule has 243 valence electrons. The Morgan fingerprint density at radius 3 is 2.09 bits per heavy atom. The second-order valence-corrected chi connectivity index (χ2v) is 14.7. The molecule has 3 amide bonds. The molecule has 1 radical (unpaired) electrons. The van der Waals surface area contributed by atoms with E-state index in [1.54, 1.807) is 37.4 Å². The molecule has 0 saturated heterocycles. The average molecular weight is 689 g/mol. The Morgan fingerprint density at radius 2 is 1.55 bits per heavy atom. The third kappa shape index (κ3) is 9.62. The summed E-state index contributed by atoms with van der Waals surface area (Å²) in [6.07, 6.45) is 3.86. The number of pyridine rings is 1. The van der Waals surface area contributed by atoms with Crippen molar-refractivity contribution in [3.8, 4) is 0 Å². The maximum absolute atomic E-state index is 13.2. The highest BCUT2D eigenvalue weighted by Crippen LogP contribution is 2.46. The van der Waals surface area contributed by atoms with E-state index in [0.29, 0.717) is 32.7 Å². The quantitative estimate of drug-likeness (QED) is 0.148. The van der Waals surface area contributed by atoms with E-state index in [1.807, 2.05) is 36.4 Å². The number of nitrogens with one attached hydrogen (secondary N) is 2. The maximum Gasteiger partial charge on any atom is 0.283 e. The number of hydrogen-bond donors (Lipinski definition) is 2. The average Bonchev–Trinajstić information content (AvgIpc) is 3.04. The summed E-state index contributed by atoms with van der Waals surface area (Å²) in [6.45, 7) is 7.33. The highest BCUT2D eigenvalue weighted by Gasteiger charge is 2.36. The second-order valence-electron chi connectivity index (χ2n) is 11.9. The molecule has 3 aromatic carbocycles. The molecule has 1 atom stereocenters. The van der Waals surface area contributed by atoms with Crippen LogP contribution in [0, 0.1) is 5.41 Å². The van der Waals surface area contributed by atoms with Crippen molar-refractivity contribution in [2.24, 2.45) is 5.41 Å². The normalized spacial score (nSPS) is 12.2. The zero-order valence-corrected chi connectivity index (χ0v) is 29.4. The Labute approximate surface area is 287 Å². The molecule has 4 rings (SSSR count). The van der Waals surface area contributed by atoms with Gasteiger partial charge in [0.25, 0.3) is 9.04 Å². The summed E-state index contributed by atoms with van der Waals surface area (Å²) in [6, 6.07) is 26.9. The van der Waals surface area contributed by atoms with Crippen molar-refractivity contribution in [2.75, 3.05) is 23.8 Å². The maximum atomic E-state index is 13.2. The molecule has 2 N–H and O–H groups in total. The first-order valence-corrected chi connectivity index (χ1v) is 17.1. The minimum atomic E-state index is -1.73. The lowest BCUT2D eigenvalue weighted by molar-refractivity contribution is -0.122. The van der Waals surface area contributed by atoms with Crippen LogP contribution in [-0.2, 0) is 18.8 Å². The van der Waals surface area contributed by atoms with Gasteiger partial charge in [-0.25, -0.2) is 4.98 Å². The van der Waals surface area contributed by atoms with Gasteiger partial charge in [0, 0.05) is 36.8 Å². The van der Waals surface area contributed by atoms with Crippen molar-refractivity contribution in [2.45, 2.75) is 33.8 Å². The molecule has 0 aliphatic heterocycles. The number of carbonyl (C=O) groups excluding carboxylic acids is 3. The van der Waals surface area contributed by atoms with Gasteiger partial charge in [-0.05, 0) is 51.7 Å². The lowest BCUT2D eigenvalue weighted by atomic mass is 9.84. The lowest BCUT2D eigenvalue weighted by Gasteiger charge is -2.36. The highest BCUT2D eigenvalue weighted by atomic mass is 35.5. The molecule has 8 nitrogen and oxygen atoms in total. The molecular weight excluding hydrogens is 651 g/mol. The summed E-state index contributed by atoms with van der Waals surface area (Å²) >= 11 is 13.9. The minimum Gasteiger partial charge on any atom is -0.400 e. The fourth-order valence-electron chi connectivity index (χ4n) is 4.73. The zero-order valence-electron chi connectivity index (χ0n) is 26.9. The number of aromatic nitrogens is 1. The van der Waals surface area contributed by atoms with Crippen molar-refractivity contribution in [3.05, 3.63) is 118 Å². The molecule has 0 aliphatic carbocycles. The van der Waals surface area contributed by atoms with Gasteiger partial charge in [0.15, 0.2) is 0 Å². The zero-order chi connectivity index (χ0) is 34.1. The molecule has 1 aromatic heterocycles. The number of carbonyl (C=O) groups is 3. The summed E-state index contributed by atoms with van der Waals surface area (Å²) in [5.74, 6) is -0.659. The third-order valence-corrected chi connectivity index (χ3v) is 10.0. The van der Waals surface area contributed by atoms with Crippen molar-refractivity contribution in [1.29, 1.82) is 0 Å². The SMILES string of the molecule is CC(=O)Nc1ccc(C=CC(=O)NCC(=O)N(C)c2ccc(Cl)c(C(O[Si](c3ccccc3)c3ccccc3)C(C)(C)C)c2Cl)cn1. The largest absolute Gasteiger partial charge is 0.400 e. The number of anilines is 2. The first kappa shape index (κ1) is 35.6. The number of nitrogens with zero attached hydrogens (tertiary/aromatic N) is 2. The molecule has 1 unspecified atom stereocenters. The Bertz CT molecular complexity index is 1690. The van der Waals surface area contributed by atoms with Crippen LogP contribution in [0.1, 0.15) is 44.9 Å². The van der Waals surface area contributed by atoms with Crippen LogP contribution in [0.25, 0.3) is 6.08 Å². The molecule has 0 spiro atoms. The molecule has 0 aliphatic rings. The summed E-state index contributed by atoms with van der Waals surface area (Å²) < 4.78 is 7.04. The number of rotatable bonds is 11. The molecule has 0 bridgehead atoms. The van der Waals surface area contributed by atoms with E-state index >= 15 is 0 Å². The molecule has 0 saturated carbocycles. The van der Waals surface area contributed by atoms with Crippen LogP contribution in [-0.4, -0.2) is 45.3 Å². The standard InChI is InChI=1S/C36H37Cl2N4O4Si/c1-24(43)41-30-20-16-25(22-39-30)17-21-31(44)40-23-32(45)42(5)29-19-18-28(37)33(34(29)38)35(36(2,3)4)46-47(26-12-8-6-9-13-26)27-14-10-7-11-15-27/h6-22,35H,23H2,1-5H3,(H,40,44)(H,39,41,43). The van der Waals surface area contributed by atoms with Crippen molar-refractivity contribution >= 4 is 77.9 Å². The fourth-order valence-corrected chi connectivity index (χ4v) is 7.73. The van der Waals surface area contributed by atoms with Gasteiger partial charge in [-0.2, -0.15) is 0 Å². The Balaban J connectivity index is 1.53. The van der Waals surface area contributed by atoms with Crippen LogP contribution < -0.4 is 25.9 Å². The van der Waals surface area contributed by atoms with E-state index < -0.39 is 26.5 Å². The molecule has 0 fully saturated rings. The van der Waals surface area contributed by atoms with Crippen LogP contribution in [0.2, 0.25) is 10.0 Å². The van der Waals surface area contributed by atoms with Gasteiger partial charge in [-0.3, -0.25) is 14.4 Å². The number of benzene rings is 3. The van der Waals surface area contributed by atoms with E-state index in [4.69, 9.17) is 27.6 Å². The van der Waals surface area contributed by atoms with E-state index in [2.05, 4.69) is 60.7 Å². The van der Waals surface area contributed by atoms with Gasteiger partial charge in [0.05, 0.1) is 23.4 Å². The van der Waals surface area contributed by atoms with Crippen molar-refractivity contribution in [3.63, 3.8) is 0 Å². The van der Waals surface area contributed by atoms with E-state index in [9.17, 15) is 14.4 Å². The summed E-state index contributed by atoms with van der Waals surface area (Å²) in [4.78, 5) is 42.4. The number of likely N-dealkylation sites (N-methyl/N-ethyl adjacent to an activating group) is 1. The third-order valence-electron chi connectivity index (χ3n) is 7.13. The van der Waals surface area contributed by atoms with Crippen LogP contribution in [0.5, 0.6) is 0 Å². The summed E-state index contributed by atoms with van der Waals surface area (Å²) in [5, 5.41) is 8.09. The number of halogens is 2. The lowest BCUT2D eigenvalue weighted by Crippen LogP contribution is -2.47. The number of amides is 3. The Kier molecular flexibility index (Phi) is 12.1. The minimum absolute atomic E-state index is 0.228. The smallest absolute Gasteiger partial charge is 0.283 e. The number of hydrogen-bond acceptors (Lipinski definition) is 5. The molecule has 47 heavy (non-hydrogen) atoms. The van der Waals surface area contributed by atoms with Crippen molar-refractivity contribution < 1.29 is 18.8 Å². The first-order chi connectivity index (χ1) is 22.3. The predicted octanol–water partition coefficient (Wildman–Crippen LogP) is 6.05. The van der Waals surface area contributed by atoms with Gasteiger partial charge in [0.2, 0.25) is 17.7 Å². The van der Waals surface area contributed by atoms with Gasteiger partial charge >= 0.3 is 0 Å². The molecule has 1 heterocycles. The first-order valence-electron chi connectivity index (χ1n) is 14.9. The van der Waals surface area contributed by atoms with Crippen LogP contribution in [0.15, 0.2) is 97.2 Å². The van der Waals surface area contributed by atoms with Crippen LogP contribution in [0.4, 0.5) is 11.5 Å². The Hall–Kier alpha value is -4.28. The highest BCUT2D eigenvalue weighted by molar-refractivity contribution is 6.80. The van der Waals surface area contributed by atoms with Crippen LogP contribution in [0.3, 0.4) is 0 Å². The monoisotopic (exact) mass is 687 g/mol. The predicted molar refractivity (Wildman–Crippen MR) is 192 cm³/mol. The molecule has 4 aromatic rings. The summed E-state index contributed by atoms with van der Waals surface area (Å²) in [7, 11) is -0.133. The summed E-state index contributed by atoms with van der Waals surface area (Å²) in [5.41, 5.74) is 1.26. The second kappa shape index (κ2) is 16.0. The van der Waals surface area contributed by atoms with Crippen LogP contribution >= 0.6 is 23.2 Å². The van der Waals surface area contributed by atoms with Gasteiger partial charge in [0.1, 0.15) is 5.82 Å². The van der Waals surface area contributed by atoms with E-state index in [1.165, 1.54) is 24.1 Å².